The molecule has 0 spiro atoms. The number of aliphatic hydroxyl groups is 3. The van der Waals surface area contributed by atoms with Crippen LogP contribution in [0.2, 0.25) is 0 Å². The van der Waals surface area contributed by atoms with E-state index in [9.17, 15) is 0 Å². The molecule has 0 bridgehead atoms. The van der Waals surface area contributed by atoms with Gasteiger partial charge in [0.1, 0.15) is 0 Å². The minimum absolute atomic E-state index is 0. The van der Waals surface area contributed by atoms with Crippen LogP contribution in [0.3, 0.4) is 0 Å². The molecule has 4 heteroatoms. The summed E-state index contributed by atoms with van der Waals surface area (Å²) in [4.78, 5) is 0. The van der Waals surface area contributed by atoms with Gasteiger partial charge in [0.25, 0.3) is 0 Å². The number of hydrogen-bond acceptors (Lipinski definition) is 3. The van der Waals surface area contributed by atoms with E-state index < -0.39 is 16.8 Å². The Morgan fingerprint density at radius 1 is 0.526 bits per heavy atom. The van der Waals surface area contributed by atoms with Crippen molar-refractivity contribution in [3.05, 3.63) is 0 Å². The van der Waals surface area contributed by atoms with Crippen molar-refractivity contribution >= 4 is 0 Å². The van der Waals surface area contributed by atoms with Crippen molar-refractivity contribution in [2.45, 2.75) is 98.4 Å². The molecule has 0 aromatic rings. The van der Waals surface area contributed by atoms with Crippen LogP contribution in [0.25, 0.3) is 0 Å². The zero-order valence-electron chi connectivity index (χ0n) is 14.4. The van der Waals surface area contributed by atoms with Crippen molar-refractivity contribution in [2.24, 2.45) is 0 Å². The molecule has 0 fully saturated rings. The van der Waals surface area contributed by atoms with Gasteiger partial charge < -0.3 is 15.3 Å². The van der Waals surface area contributed by atoms with Crippen LogP contribution in [0.15, 0.2) is 0 Å². The molecule has 0 aliphatic heterocycles. The van der Waals surface area contributed by atoms with Gasteiger partial charge in [0.15, 0.2) is 0 Å². The second kappa shape index (κ2) is 12.4. The first kappa shape index (κ1) is 27.9. The summed E-state index contributed by atoms with van der Waals surface area (Å²) in [7, 11) is 0. The van der Waals surface area contributed by atoms with E-state index in [0.29, 0.717) is 0 Å². The summed E-state index contributed by atoms with van der Waals surface area (Å²) in [6.45, 7) is 16.7. The molecule has 0 amide bonds. The van der Waals surface area contributed by atoms with E-state index >= 15 is 0 Å². The smallest absolute Gasteiger partial charge is 0.0589 e. The summed E-state index contributed by atoms with van der Waals surface area (Å²) in [5.41, 5.74) is -1.37. The van der Waals surface area contributed by atoms with Crippen LogP contribution in [0.5, 0.6) is 0 Å². The Morgan fingerprint density at radius 2 is 0.579 bits per heavy atom. The Kier molecular flexibility index (Phi) is 18.1. The molecular weight excluding hydrogens is 409 g/mol. The fourth-order valence-corrected chi connectivity index (χ4v) is 0. The van der Waals surface area contributed by atoms with Crippen LogP contribution in [0.1, 0.15) is 81.6 Å². The minimum Gasteiger partial charge on any atom is -0.390 e. The van der Waals surface area contributed by atoms with Crippen LogP contribution in [-0.2, 0) is 22.4 Å². The third-order valence-electron chi connectivity index (χ3n) is 2.60. The first-order valence-electron chi connectivity index (χ1n) is 6.85. The predicted octanol–water partition coefficient (Wildman–Crippen LogP) is 3.50. The molecule has 119 valence electrons. The van der Waals surface area contributed by atoms with E-state index in [1.54, 1.807) is 41.5 Å². The van der Waals surface area contributed by atoms with Gasteiger partial charge in [0, 0.05) is 22.4 Å². The molecule has 0 aromatic heterocycles. The van der Waals surface area contributed by atoms with Gasteiger partial charge in [0.2, 0.25) is 0 Å². The van der Waals surface area contributed by atoms with E-state index in [1.165, 1.54) is 0 Å². The van der Waals surface area contributed by atoms with Crippen LogP contribution < -0.4 is 0 Å². The zero-order chi connectivity index (χ0) is 15.6. The van der Waals surface area contributed by atoms with Crippen molar-refractivity contribution in [1.29, 1.82) is 0 Å². The molecule has 0 saturated carbocycles. The maximum absolute atomic E-state index is 8.83. The fraction of sp³-hybridized carbons (Fsp3) is 1.00. The molecular formula is C15H36O3Ta. The molecule has 0 aromatic carbocycles. The molecule has 0 atom stereocenters. The Labute approximate surface area is 136 Å². The molecule has 3 nitrogen and oxygen atoms in total. The van der Waals surface area contributed by atoms with Crippen LogP contribution in [0.4, 0.5) is 0 Å². The van der Waals surface area contributed by atoms with E-state index in [0.717, 1.165) is 19.3 Å². The minimum atomic E-state index is -0.458. The van der Waals surface area contributed by atoms with Crippen LogP contribution in [0, 0.1) is 0 Å². The summed E-state index contributed by atoms with van der Waals surface area (Å²) >= 11 is 0. The molecule has 0 aliphatic carbocycles. The average molecular weight is 445 g/mol. The Hall–Kier alpha value is 0.620. The molecule has 0 saturated heterocycles. The summed E-state index contributed by atoms with van der Waals surface area (Å²) in [6.07, 6.45) is 2.48. The van der Waals surface area contributed by atoms with Crippen molar-refractivity contribution in [1.82, 2.24) is 0 Å². The van der Waals surface area contributed by atoms with Gasteiger partial charge in [-0.3, -0.25) is 0 Å². The molecule has 19 heavy (non-hydrogen) atoms. The Bertz CT molecular complexity index is 140. The van der Waals surface area contributed by atoms with Crippen LogP contribution in [-0.4, -0.2) is 32.1 Å². The van der Waals surface area contributed by atoms with Crippen molar-refractivity contribution < 1.29 is 37.7 Å². The average Bonchev–Trinajstić information content (AvgIpc) is 2.16. The summed E-state index contributed by atoms with van der Waals surface area (Å²) in [6, 6.07) is 0. The van der Waals surface area contributed by atoms with Crippen molar-refractivity contribution in [3.63, 3.8) is 0 Å². The first-order valence-corrected chi connectivity index (χ1v) is 6.85. The van der Waals surface area contributed by atoms with E-state index in [4.69, 9.17) is 15.3 Å². The van der Waals surface area contributed by atoms with Gasteiger partial charge in [-0.2, -0.15) is 0 Å². The maximum Gasteiger partial charge on any atom is 0.0589 e. The standard InChI is InChI=1S/3C5H12O.Ta/c3*1-4-5(2,3)6;/h3*6H,4H2,1-3H3;. The van der Waals surface area contributed by atoms with Gasteiger partial charge in [-0.1, -0.05) is 20.8 Å². The normalized spacial score (nSPS) is 11.4. The fourth-order valence-electron chi connectivity index (χ4n) is 0. The Balaban J connectivity index is -0.0000000865. The van der Waals surface area contributed by atoms with Gasteiger partial charge in [-0.05, 0) is 60.8 Å². The Morgan fingerprint density at radius 3 is 0.579 bits per heavy atom. The number of rotatable bonds is 3. The molecule has 0 aliphatic rings. The number of hydrogen-bond donors (Lipinski definition) is 3. The van der Waals surface area contributed by atoms with E-state index in [2.05, 4.69) is 0 Å². The molecule has 0 rings (SSSR count). The topological polar surface area (TPSA) is 60.7 Å². The van der Waals surface area contributed by atoms with Crippen LogP contribution >= 0.6 is 0 Å². The van der Waals surface area contributed by atoms with E-state index in [1.807, 2.05) is 20.8 Å². The SMILES string of the molecule is CCC(C)(C)O.CCC(C)(C)O.CCC(C)(C)O.[Ta]. The van der Waals surface area contributed by atoms with Gasteiger partial charge >= 0.3 is 0 Å². The van der Waals surface area contributed by atoms with Gasteiger partial charge in [-0.15, -0.1) is 0 Å². The molecule has 0 heterocycles. The van der Waals surface area contributed by atoms with Gasteiger partial charge in [0.05, 0.1) is 16.8 Å². The quantitative estimate of drug-likeness (QED) is 0.623. The second-order valence-corrected chi connectivity index (χ2v) is 6.50. The molecule has 3 N–H and O–H groups in total. The third-order valence-corrected chi connectivity index (χ3v) is 2.60. The van der Waals surface area contributed by atoms with Crippen molar-refractivity contribution in [3.8, 4) is 0 Å². The van der Waals surface area contributed by atoms with Gasteiger partial charge in [-0.25, -0.2) is 0 Å². The van der Waals surface area contributed by atoms with Crippen molar-refractivity contribution in [2.75, 3.05) is 0 Å². The third kappa shape index (κ3) is 55.6. The molecule has 1 radical (unpaired) electrons. The predicted molar refractivity (Wildman–Crippen MR) is 79.8 cm³/mol. The van der Waals surface area contributed by atoms with E-state index in [-0.39, 0.29) is 22.4 Å². The zero-order valence-corrected chi connectivity index (χ0v) is 17.6. The summed E-state index contributed by atoms with van der Waals surface area (Å²) in [5.74, 6) is 0. The summed E-state index contributed by atoms with van der Waals surface area (Å²) in [5, 5.41) is 26.5. The summed E-state index contributed by atoms with van der Waals surface area (Å²) < 4.78 is 0. The first-order chi connectivity index (χ1) is 7.68. The molecule has 0 unspecified atom stereocenters. The monoisotopic (exact) mass is 445 g/mol. The largest absolute Gasteiger partial charge is 0.390 e. The second-order valence-electron chi connectivity index (χ2n) is 6.50. The maximum atomic E-state index is 8.83.